The van der Waals surface area contributed by atoms with Crippen LogP contribution in [0.3, 0.4) is 0 Å². The number of halogens is 4. The van der Waals surface area contributed by atoms with Gasteiger partial charge in [0.2, 0.25) is 5.91 Å². The minimum Gasteiger partial charge on any atom is -0.406 e. The molecule has 1 aliphatic rings. The third-order valence-corrected chi connectivity index (χ3v) is 4.56. The first kappa shape index (κ1) is 22.1. The number of nitrogens with one attached hydrogen (secondary N) is 1. The lowest BCUT2D eigenvalue weighted by atomic mass is 9.87. The highest BCUT2D eigenvalue weighted by Crippen LogP contribution is 2.26. The Labute approximate surface area is 167 Å². The maximum absolute atomic E-state index is 11.8. The number of carbonyl (C=O) groups excluding carboxylic acids is 1. The van der Waals surface area contributed by atoms with Crippen LogP contribution in [0.25, 0.3) is 0 Å². The molecule has 0 unspecified atom stereocenters. The average molecular weight is 414 g/mol. The van der Waals surface area contributed by atoms with Gasteiger partial charge in [0.05, 0.1) is 0 Å². The summed E-state index contributed by atoms with van der Waals surface area (Å²) in [6, 6.07) is 14.3. The van der Waals surface area contributed by atoms with Crippen molar-refractivity contribution in [2.24, 2.45) is 5.92 Å². The quantitative estimate of drug-likeness (QED) is 0.596. The summed E-state index contributed by atoms with van der Waals surface area (Å²) in [5, 5.41) is 3.61. The van der Waals surface area contributed by atoms with E-state index in [4.69, 9.17) is 11.6 Å². The van der Waals surface area contributed by atoms with Gasteiger partial charge in [0, 0.05) is 17.1 Å². The van der Waals surface area contributed by atoms with E-state index in [2.05, 4.69) is 10.1 Å². The van der Waals surface area contributed by atoms with Crippen molar-refractivity contribution in [3.8, 4) is 5.75 Å². The number of ether oxygens (including phenoxy) is 1. The Balaban J connectivity index is 0.000000221. The number of hydrogen-bond acceptors (Lipinski definition) is 2. The number of para-hydroxylation sites is 1. The second-order valence-electron chi connectivity index (χ2n) is 6.62. The van der Waals surface area contributed by atoms with E-state index in [1.807, 2.05) is 12.1 Å². The molecule has 0 aromatic heterocycles. The van der Waals surface area contributed by atoms with Crippen LogP contribution >= 0.6 is 11.6 Å². The van der Waals surface area contributed by atoms with Gasteiger partial charge in [-0.15, -0.1) is 13.2 Å². The molecule has 28 heavy (non-hydrogen) atoms. The van der Waals surface area contributed by atoms with Crippen LogP contribution in [-0.4, -0.2) is 12.3 Å². The molecule has 0 radical (unpaired) electrons. The Morgan fingerprint density at radius 1 is 1.00 bits per heavy atom. The Kier molecular flexibility index (Phi) is 8.64. The third kappa shape index (κ3) is 9.13. The van der Waals surface area contributed by atoms with Gasteiger partial charge in [-0.2, -0.15) is 0 Å². The summed E-state index contributed by atoms with van der Waals surface area (Å²) in [7, 11) is 0. The predicted molar refractivity (Wildman–Crippen MR) is 104 cm³/mol. The van der Waals surface area contributed by atoms with E-state index < -0.39 is 6.36 Å². The van der Waals surface area contributed by atoms with Gasteiger partial charge in [-0.3, -0.25) is 4.79 Å². The molecule has 3 rings (SSSR count). The molecule has 3 nitrogen and oxygen atoms in total. The Hall–Kier alpha value is -2.21. The second-order valence-corrected chi connectivity index (χ2v) is 7.06. The Morgan fingerprint density at radius 2 is 1.61 bits per heavy atom. The summed E-state index contributed by atoms with van der Waals surface area (Å²) in [4.78, 5) is 11.8. The van der Waals surface area contributed by atoms with Gasteiger partial charge in [0.1, 0.15) is 5.75 Å². The predicted octanol–water partition coefficient (Wildman–Crippen LogP) is 6.83. The minimum absolute atomic E-state index is 0.124. The molecule has 1 saturated carbocycles. The van der Waals surface area contributed by atoms with Gasteiger partial charge in [0.15, 0.2) is 0 Å². The lowest BCUT2D eigenvalue weighted by molar-refractivity contribution is -0.274. The van der Waals surface area contributed by atoms with E-state index in [9.17, 15) is 18.0 Å². The monoisotopic (exact) mass is 413 g/mol. The van der Waals surface area contributed by atoms with Crippen molar-refractivity contribution in [2.75, 3.05) is 5.32 Å². The van der Waals surface area contributed by atoms with Crippen LogP contribution < -0.4 is 10.1 Å². The van der Waals surface area contributed by atoms with Gasteiger partial charge >= 0.3 is 6.36 Å². The molecule has 0 aliphatic heterocycles. The highest BCUT2D eigenvalue weighted by molar-refractivity contribution is 6.30. The topological polar surface area (TPSA) is 38.3 Å². The van der Waals surface area contributed by atoms with Crippen molar-refractivity contribution < 1.29 is 22.7 Å². The molecular weight excluding hydrogens is 391 g/mol. The number of rotatable bonds is 4. The van der Waals surface area contributed by atoms with Crippen LogP contribution in [0, 0.1) is 5.92 Å². The van der Waals surface area contributed by atoms with Crippen LogP contribution in [-0.2, 0) is 4.79 Å². The van der Waals surface area contributed by atoms with E-state index in [1.54, 1.807) is 18.2 Å². The number of benzene rings is 2. The number of alkyl halides is 3. The fourth-order valence-corrected chi connectivity index (χ4v) is 3.15. The molecule has 7 heteroatoms. The molecule has 1 N–H and O–H groups in total. The van der Waals surface area contributed by atoms with Gasteiger partial charge in [-0.05, 0) is 55.2 Å². The molecule has 0 saturated heterocycles. The SMILES string of the molecule is FC(F)(F)Oc1ccccc1.O=C(CC1CCCCC1)Nc1ccc(Cl)cc1. The smallest absolute Gasteiger partial charge is 0.406 e. The second kappa shape index (κ2) is 11.0. The zero-order valence-electron chi connectivity index (χ0n) is 15.3. The summed E-state index contributed by atoms with van der Waals surface area (Å²) in [6.07, 6.45) is 2.35. The van der Waals surface area contributed by atoms with Gasteiger partial charge in [0.25, 0.3) is 0 Å². The van der Waals surface area contributed by atoms with Gasteiger partial charge in [-0.25, -0.2) is 0 Å². The van der Waals surface area contributed by atoms with Crippen molar-refractivity contribution in [2.45, 2.75) is 44.9 Å². The molecule has 0 atom stereocenters. The number of anilines is 1. The maximum Gasteiger partial charge on any atom is 0.573 e. The maximum atomic E-state index is 11.8. The zero-order valence-corrected chi connectivity index (χ0v) is 16.1. The normalized spacial score (nSPS) is 14.6. The molecular formula is C21H23ClF3NO2. The first-order chi connectivity index (χ1) is 13.3. The van der Waals surface area contributed by atoms with Crippen molar-refractivity contribution in [1.82, 2.24) is 0 Å². The van der Waals surface area contributed by atoms with Crippen LogP contribution in [0.15, 0.2) is 54.6 Å². The van der Waals surface area contributed by atoms with Crippen LogP contribution in [0.2, 0.25) is 5.02 Å². The molecule has 1 aliphatic carbocycles. The largest absolute Gasteiger partial charge is 0.573 e. The summed E-state index contributed by atoms with van der Waals surface area (Å²) in [6.45, 7) is 0. The Bertz CT molecular complexity index is 715. The number of amides is 1. The first-order valence-electron chi connectivity index (χ1n) is 9.18. The molecule has 0 spiro atoms. The first-order valence-corrected chi connectivity index (χ1v) is 9.56. The van der Waals surface area contributed by atoms with E-state index in [-0.39, 0.29) is 11.7 Å². The van der Waals surface area contributed by atoms with Crippen molar-refractivity contribution in [1.29, 1.82) is 0 Å². The van der Waals surface area contributed by atoms with E-state index in [1.165, 1.54) is 56.4 Å². The van der Waals surface area contributed by atoms with Crippen molar-refractivity contribution in [3.63, 3.8) is 0 Å². The molecule has 0 bridgehead atoms. The van der Waals surface area contributed by atoms with E-state index in [0.29, 0.717) is 17.4 Å². The molecule has 1 amide bonds. The van der Waals surface area contributed by atoms with Gasteiger partial charge in [-0.1, -0.05) is 49.1 Å². The van der Waals surface area contributed by atoms with Crippen LogP contribution in [0.5, 0.6) is 5.75 Å². The van der Waals surface area contributed by atoms with E-state index >= 15 is 0 Å². The van der Waals surface area contributed by atoms with Crippen molar-refractivity contribution in [3.05, 3.63) is 59.6 Å². The number of hydrogen-bond donors (Lipinski definition) is 1. The minimum atomic E-state index is -4.60. The fourth-order valence-electron chi connectivity index (χ4n) is 3.02. The Morgan fingerprint density at radius 3 is 2.18 bits per heavy atom. The highest BCUT2D eigenvalue weighted by atomic mass is 35.5. The zero-order chi connectivity index (χ0) is 20.4. The van der Waals surface area contributed by atoms with E-state index in [0.717, 1.165) is 5.69 Å². The summed E-state index contributed by atoms with van der Waals surface area (Å²) < 4.78 is 38.2. The van der Waals surface area contributed by atoms with Crippen molar-refractivity contribution >= 4 is 23.2 Å². The van der Waals surface area contributed by atoms with Crippen LogP contribution in [0.1, 0.15) is 38.5 Å². The molecule has 0 heterocycles. The lowest BCUT2D eigenvalue weighted by Crippen LogP contribution is -2.18. The number of carbonyl (C=O) groups is 1. The van der Waals surface area contributed by atoms with Crippen LogP contribution in [0.4, 0.5) is 18.9 Å². The molecule has 2 aromatic carbocycles. The molecule has 1 fully saturated rings. The van der Waals surface area contributed by atoms with Gasteiger partial charge < -0.3 is 10.1 Å². The summed E-state index contributed by atoms with van der Waals surface area (Å²) in [5.41, 5.74) is 0.829. The molecule has 152 valence electrons. The summed E-state index contributed by atoms with van der Waals surface area (Å²) >= 11 is 5.79. The highest BCUT2D eigenvalue weighted by Gasteiger charge is 2.30. The third-order valence-electron chi connectivity index (χ3n) is 4.30. The lowest BCUT2D eigenvalue weighted by Gasteiger charge is -2.20. The fraction of sp³-hybridized carbons (Fsp3) is 0.381. The standard InChI is InChI=1S/C14H18ClNO.C7H5F3O/c15-12-6-8-13(9-7-12)16-14(17)10-11-4-2-1-3-5-11;8-7(9,10)11-6-4-2-1-3-5-6/h6-9,11H,1-5,10H2,(H,16,17);1-5H. The average Bonchev–Trinajstić information content (AvgIpc) is 2.64. The molecule has 2 aromatic rings. The summed E-state index contributed by atoms with van der Waals surface area (Å²) in [5.74, 6) is 0.510.